The fraction of sp³-hybridized carbons (Fsp3) is 0.933. The lowest BCUT2D eigenvalue weighted by molar-refractivity contribution is -0.120. The van der Waals surface area contributed by atoms with Gasteiger partial charge in [-0.25, -0.2) is 0 Å². The fourth-order valence-electron chi connectivity index (χ4n) is 5.18. The lowest BCUT2D eigenvalue weighted by atomic mass is 9.51. The molecular weight excluding hydrogens is 210 g/mol. The molecule has 0 amide bonds. The van der Waals surface area contributed by atoms with Crippen LogP contribution in [0.3, 0.4) is 0 Å². The summed E-state index contributed by atoms with van der Waals surface area (Å²) in [7, 11) is 1.93. The molecule has 0 aliphatic heterocycles. The number of nitrogens with one attached hydrogen (secondary N) is 1. The molecule has 0 aromatic rings. The van der Waals surface area contributed by atoms with E-state index >= 15 is 0 Å². The molecule has 17 heavy (non-hydrogen) atoms. The van der Waals surface area contributed by atoms with E-state index in [1.807, 2.05) is 7.05 Å². The number of ketones is 1. The monoisotopic (exact) mass is 235 g/mol. The average molecular weight is 235 g/mol. The third-order valence-corrected chi connectivity index (χ3v) is 5.77. The third kappa shape index (κ3) is 2.05. The van der Waals surface area contributed by atoms with Gasteiger partial charge in [0.15, 0.2) is 0 Å². The summed E-state index contributed by atoms with van der Waals surface area (Å²) in [6.07, 6.45) is 8.47. The lowest BCUT2D eigenvalue weighted by Crippen LogP contribution is -2.48. The topological polar surface area (TPSA) is 29.1 Å². The molecule has 2 nitrogen and oxygen atoms in total. The molecule has 1 atom stereocenters. The van der Waals surface area contributed by atoms with E-state index in [0.29, 0.717) is 5.78 Å². The van der Waals surface area contributed by atoms with Crippen molar-refractivity contribution in [1.29, 1.82) is 0 Å². The van der Waals surface area contributed by atoms with Crippen molar-refractivity contribution >= 4 is 5.78 Å². The zero-order chi connectivity index (χ0) is 12.0. The van der Waals surface area contributed by atoms with Gasteiger partial charge in [0.05, 0.1) is 6.04 Å². The van der Waals surface area contributed by atoms with Gasteiger partial charge in [-0.05, 0) is 82.1 Å². The molecule has 0 saturated heterocycles. The Morgan fingerprint density at radius 2 is 1.65 bits per heavy atom. The molecule has 96 valence electrons. The van der Waals surface area contributed by atoms with Gasteiger partial charge < -0.3 is 5.32 Å². The molecule has 0 aromatic heterocycles. The van der Waals surface area contributed by atoms with E-state index in [2.05, 4.69) is 5.32 Å². The molecule has 0 aromatic carbocycles. The summed E-state index contributed by atoms with van der Waals surface area (Å²) in [6, 6.07) is 0.109. The molecule has 4 aliphatic rings. The predicted octanol–water partition coefficient (Wildman–Crippen LogP) is 2.63. The van der Waals surface area contributed by atoms with Crippen LogP contribution in [0.1, 0.15) is 45.4 Å². The SMILES string of the molecule is CNC(CC1C2CC3CC(C2)CC1C3)C(C)=O. The lowest BCUT2D eigenvalue weighted by Gasteiger charge is -2.55. The van der Waals surface area contributed by atoms with Crippen LogP contribution in [-0.2, 0) is 4.79 Å². The first-order valence-corrected chi connectivity index (χ1v) is 7.35. The predicted molar refractivity (Wildman–Crippen MR) is 68.7 cm³/mol. The van der Waals surface area contributed by atoms with Crippen LogP contribution in [0, 0.1) is 29.6 Å². The zero-order valence-corrected chi connectivity index (χ0v) is 11.1. The molecule has 4 rings (SSSR count). The molecule has 0 spiro atoms. The highest BCUT2D eigenvalue weighted by molar-refractivity contribution is 5.81. The van der Waals surface area contributed by atoms with E-state index in [1.54, 1.807) is 6.92 Å². The van der Waals surface area contributed by atoms with Crippen molar-refractivity contribution in [2.24, 2.45) is 29.6 Å². The Morgan fingerprint density at radius 1 is 1.12 bits per heavy atom. The smallest absolute Gasteiger partial charge is 0.146 e. The maximum Gasteiger partial charge on any atom is 0.146 e. The maximum absolute atomic E-state index is 11.6. The fourth-order valence-corrected chi connectivity index (χ4v) is 5.18. The Morgan fingerprint density at radius 3 is 2.06 bits per heavy atom. The largest absolute Gasteiger partial charge is 0.311 e. The van der Waals surface area contributed by atoms with E-state index in [0.717, 1.165) is 36.0 Å². The van der Waals surface area contributed by atoms with Crippen LogP contribution in [0.5, 0.6) is 0 Å². The molecule has 1 N–H and O–H groups in total. The summed E-state index contributed by atoms with van der Waals surface area (Å²) < 4.78 is 0. The minimum Gasteiger partial charge on any atom is -0.311 e. The van der Waals surface area contributed by atoms with Crippen molar-refractivity contribution in [3.05, 3.63) is 0 Å². The van der Waals surface area contributed by atoms with E-state index < -0.39 is 0 Å². The maximum atomic E-state index is 11.6. The minimum absolute atomic E-state index is 0.109. The van der Waals surface area contributed by atoms with E-state index in [-0.39, 0.29) is 6.04 Å². The number of likely N-dealkylation sites (N-methyl/N-ethyl adjacent to an activating group) is 1. The summed E-state index contributed by atoms with van der Waals surface area (Å²) in [5.41, 5.74) is 0. The van der Waals surface area contributed by atoms with Crippen molar-refractivity contribution < 1.29 is 4.79 Å². The van der Waals surface area contributed by atoms with Gasteiger partial charge in [0.2, 0.25) is 0 Å². The highest BCUT2D eigenvalue weighted by Gasteiger charge is 2.48. The average Bonchev–Trinajstić information content (AvgIpc) is 2.27. The molecule has 2 heteroatoms. The second kappa shape index (κ2) is 4.38. The van der Waals surface area contributed by atoms with Crippen LogP contribution in [0.2, 0.25) is 0 Å². The second-order valence-corrected chi connectivity index (χ2v) is 6.78. The van der Waals surface area contributed by atoms with Gasteiger partial charge in [-0.3, -0.25) is 4.79 Å². The summed E-state index contributed by atoms with van der Waals surface area (Å²) in [5, 5.41) is 3.21. The molecule has 4 fully saturated rings. The van der Waals surface area contributed by atoms with Crippen LogP contribution >= 0.6 is 0 Å². The van der Waals surface area contributed by atoms with Gasteiger partial charge in [-0.15, -0.1) is 0 Å². The van der Waals surface area contributed by atoms with Gasteiger partial charge in [0, 0.05) is 0 Å². The summed E-state index contributed by atoms with van der Waals surface area (Å²) in [4.78, 5) is 11.6. The first-order chi connectivity index (χ1) is 8.17. The number of hydrogen-bond donors (Lipinski definition) is 1. The Hall–Kier alpha value is -0.370. The normalized spacial score (nSPS) is 44.9. The number of carbonyl (C=O) groups excluding carboxylic acids is 1. The highest BCUT2D eigenvalue weighted by atomic mass is 16.1. The van der Waals surface area contributed by atoms with Crippen LogP contribution in [0.25, 0.3) is 0 Å². The molecule has 4 aliphatic carbocycles. The van der Waals surface area contributed by atoms with Crippen molar-refractivity contribution in [1.82, 2.24) is 5.32 Å². The van der Waals surface area contributed by atoms with Crippen molar-refractivity contribution in [2.45, 2.75) is 51.5 Å². The summed E-state index contributed by atoms with van der Waals surface area (Å²) >= 11 is 0. The Bertz CT molecular complexity index is 284. The van der Waals surface area contributed by atoms with Crippen molar-refractivity contribution in [3.8, 4) is 0 Å². The molecule has 0 radical (unpaired) electrons. The zero-order valence-electron chi connectivity index (χ0n) is 11.1. The number of Topliss-reactive ketones (excluding diaryl/α,β-unsaturated/α-hetero) is 1. The van der Waals surface area contributed by atoms with Gasteiger partial charge in [-0.1, -0.05) is 0 Å². The van der Waals surface area contributed by atoms with E-state index in [4.69, 9.17) is 0 Å². The number of carbonyl (C=O) groups is 1. The molecule has 0 heterocycles. The molecule has 1 unspecified atom stereocenters. The first-order valence-electron chi connectivity index (χ1n) is 7.35. The van der Waals surface area contributed by atoms with Gasteiger partial charge in [-0.2, -0.15) is 0 Å². The highest BCUT2D eigenvalue weighted by Crippen LogP contribution is 2.57. The standard InChI is InChI=1S/C15H25NO/c1-9(17)15(16-2)8-14-12-4-10-3-11(6-12)7-13(14)5-10/h10-16H,3-8H2,1-2H3. The first kappa shape index (κ1) is 11.7. The Kier molecular flexibility index (Phi) is 3.02. The second-order valence-electron chi connectivity index (χ2n) is 6.78. The summed E-state index contributed by atoms with van der Waals surface area (Å²) in [5.74, 6) is 5.13. The van der Waals surface area contributed by atoms with Crippen molar-refractivity contribution in [3.63, 3.8) is 0 Å². The van der Waals surface area contributed by atoms with Gasteiger partial charge >= 0.3 is 0 Å². The van der Waals surface area contributed by atoms with E-state index in [1.165, 1.54) is 32.1 Å². The van der Waals surface area contributed by atoms with E-state index in [9.17, 15) is 4.79 Å². The Balaban J connectivity index is 1.69. The van der Waals surface area contributed by atoms with Crippen LogP contribution in [0.4, 0.5) is 0 Å². The van der Waals surface area contributed by atoms with Gasteiger partial charge in [0.1, 0.15) is 5.78 Å². The molecular formula is C15H25NO. The minimum atomic E-state index is 0.109. The quantitative estimate of drug-likeness (QED) is 0.811. The van der Waals surface area contributed by atoms with Crippen LogP contribution < -0.4 is 5.32 Å². The third-order valence-electron chi connectivity index (χ3n) is 5.77. The number of rotatable bonds is 4. The summed E-state index contributed by atoms with van der Waals surface area (Å²) in [6.45, 7) is 1.73. The van der Waals surface area contributed by atoms with Crippen LogP contribution in [-0.4, -0.2) is 18.9 Å². The Labute approximate surface area is 105 Å². The molecule has 4 bridgehead atoms. The van der Waals surface area contributed by atoms with Gasteiger partial charge in [0.25, 0.3) is 0 Å². The van der Waals surface area contributed by atoms with Crippen LogP contribution in [0.15, 0.2) is 0 Å². The number of hydrogen-bond acceptors (Lipinski definition) is 2. The van der Waals surface area contributed by atoms with Crippen molar-refractivity contribution in [2.75, 3.05) is 7.05 Å². The molecule has 4 saturated carbocycles.